The molecule has 106 valence electrons. The van der Waals surface area contributed by atoms with Gasteiger partial charge in [0.15, 0.2) is 0 Å². The van der Waals surface area contributed by atoms with E-state index in [-0.39, 0.29) is 0 Å². The average molecular weight is 295 g/mol. The van der Waals surface area contributed by atoms with Crippen LogP contribution in [0.1, 0.15) is 12.5 Å². The van der Waals surface area contributed by atoms with Crippen molar-refractivity contribution in [2.45, 2.75) is 13.3 Å². The number of hydrazine groups is 1. The van der Waals surface area contributed by atoms with Crippen molar-refractivity contribution in [3.05, 3.63) is 65.5 Å². The molecule has 21 heavy (non-hydrogen) atoms. The minimum absolute atomic E-state index is 0.855. The van der Waals surface area contributed by atoms with E-state index in [1.165, 1.54) is 5.56 Å². The lowest BCUT2D eigenvalue weighted by Crippen LogP contribution is -2.07. The smallest absolute Gasteiger partial charge is 0.202 e. The summed E-state index contributed by atoms with van der Waals surface area (Å²) in [7, 11) is 0. The number of hydrogen-bond acceptors (Lipinski definition) is 4. The summed E-state index contributed by atoms with van der Waals surface area (Å²) in [4.78, 5) is 4.60. The lowest BCUT2D eigenvalue weighted by atomic mass is 10.1. The number of aromatic nitrogens is 1. The molecule has 2 N–H and O–H groups in total. The minimum atomic E-state index is 0.855. The predicted octanol–water partition coefficient (Wildman–Crippen LogP) is 4.81. The van der Waals surface area contributed by atoms with E-state index in [2.05, 4.69) is 52.4 Å². The molecule has 0 unspecified atom stereocenters. The minimum Gasteiger partial charge on any atom is -0.299 e. The van der Waals surface area contributed by atoms with Gasteiger partial charge in [0.05, 0.1) is 11.4 Å². The van der Waals surface area contributed by atoms with Crippen molar-refractivity contribution in [3.8, 4) is 11.3 Å². The van der Waals surface area contributed by atoms with Crippen LogP contribution in [0.3, 0.4) is 0 Å². The topological polar surface area (TPSA) is 37.0 Å². The highest BCUT2D eigenvalue weighted by Crippen LogP contribution is 2.25. The Morgan fingerprint density at radius 1 is 0.952 bits per heavy atom. The maximum atomic E-state index is 4.60. The number of nitrogens with zero attached hydrogens (tertiary/aromatic N) is 1. The van der Waals surface area contributed by atoms with Gasteiger partial charge in [-0.3, -0.25) is 10.9 Å². The molecule has 0 atom stereocenters. The van der Waals surface area contributed by atoms with Crippen molar-refractivity contribution < 1.29 is 0 Å². The Kier molecular flexibility index (Phi) is 4.17. The fourth-order valence-corrected chi connectivity index (χ4v) is 2.70. The average Bonchev–Trinajstić information content (AvgIpc) is 3.03. The van der Waals surface area contributed by atoms with Crippen LogP contribution < -0.4 is 10.9 Å². The Bertz CT molecular complexity index is 690. The van der Waals surface area contributed by atoms with Crippen LogP contribution in [0.4, 0.5) is 10.8 Å². The van der Waals surface area contributed by atoms with Crippen LogP contribution in [-0.2, 0) is 6.42 Å². The van der Waals surface area contributed by atoms with Crippen LogP contribution in [0.2, 0.25) is 0 Å². The van der Waals surface area contributed by atoms with Crippen LogP contribution in [0.15, 0.2) is 60.0 Å². The Morgan fingerprint density at radius 2 is 1.71 bits per heavy atom. The lowest BCUT2D eigenvalue weighted by Gasteiger charge is -2.05. The van der Waals surface area contributed by atoms with Gasteiger partial charge in [-0.25, -0.2) is 4.98 Å². The van der Waals surface area contributed by atoms with E-state index in [4.69, 9.17) is 0 Å². The summed E-state index contributed by atoms with van der Waals surface area (Å²) in [5, 5.41) is 2.92. The number of para-hydroxylation sites is 1. The second kappa shape index (κ2) is 6.41. The van der Waals surface area contributed by atoms with Gasteiger partial charge in [-0.15, -0.1) is 11.3 Å². The van der Waals surface area contributed by atoms with Gasteiger partial charge >= 0.3 is 0 Å². The van der Waals surface area contributed by atoms with Gasteiger partial charge in [0.1, 0.15) is 0 Å². The Hall–Kier alpha value is -2.33. The van der Waals surface area contributed by atoms with Gasteiger partial charge in [-0.1, -0.05) is 49.4 Å². The molecule has 0 aliphatic carbocycles. The third-order valence-corrected chi connectivity index (χ3v) is 4.01. The zero-order valence-corrected chi connectivity index (χ0v) is 12.7. The van der Waals surface area contributed by atoms with Crippen LogP contribution in [0.5, 0.6) is 0 Å². The molecule has 3 nitrogen and oxygen atoms in total. The quantitative estimate of drug-likeness (QED) is 0.663. The molecule has 0 radical (unpaired) electrons. The van der Waals surface area contributed by atoms with Crippen LogP contribution in [-0.4, -0.2) is 4.98 Å². The summed E-state index contributed by atoms with van der Waals surface area (Å²) >= 11 is 1.59. The largest absolute Gasteiger partial charge is 0.299 e. The van der Waals surface area contributed by atoms with Crippen molar-refractivity contribution in [1.82, 2.24) is 4.98 Å². The highest BCUT2D eigenvalue weighted by molar-refractivity contribution is 7.14. The molecule has 3 aromatic rings. The first-order valence-electron chi connectivity index (χ1n) is 6.97. The normalized spacial score (nSPS) is 10.3. The first-order chi connectivity index (χ1) is 10.3. The van der Waals surface area contributed by atoms with Gasteiger partial charge in [0.2, 0.25) is 5.13 Å². The molecule has 0 bridgehead atoms. The van der Waals surface area contributed by atoms with Gasteiger partial charge in [0.25, 0.3) is 0 Å². The van der Waals surface area contributed by atoms with E-state index >= 15 is 0 Å². The number of benzene rings is 2. The Labute approximate surface area is 128 Å². The zero-order valence-electron chi connectivity index (χ0n) is 11.8. The fraction of sp³-hybridized carbons (Fsp3) is 0.118. The molecule has 0 spiro atoms. The van der Waals surface area contributed by atoms with E-state index < -0.39 is 0 Å². The van der Waals surface area contributed by atoms with E-state index in [0.29, 0.717) is 0 Å². The SMILES string of the molecule is CCc1ccc(-c2csc(NNc3ccccc3)n2)cc1. The first-order valence-corrected chi connectivity index (χ1v) is 7.85. The number of aryl methyl sites for hydroxylation is 1. The maximum absolute atomic E-state index is 4.60. The van der Waals surface area contributed by atoms with Crippen LogP contribution >= 0.6 is 11.3 Å². The lowest BCUT2D eigenvalue weighted by molar-refractivity contribution is 1.14. The van der Waals surface area contributed by atoms with E-state index in [1.54, 1.807) is 11.3 Å². The van der Waals surface area contributed by atoms with Gasteiger partial charge in [0, 0.05) is 10.9 Å². The number of thiazole rings is 1. The highest BCUT2D eigenvalue weighted by atomic mass is 32.1. The molecule has 1 heterocycles. The fourth-order valence-electron chi connectivity index (χ4n) is 2.02. The number of hydrogen-bond donors (Lipinski definition) is 2. The summed E-state index contributed by atoms with van der Waals surface area (Å²) in [6, 6.07) is 18.6. The Balaban J connectivity index is 1.68. The molecular weight excluding hydrogens is 278 g/mol. The van der Waals surface area contributed by atoms with Crippen molar-refractivity contribution >= 4 is 22.2 Å². The second-order valence-corrected chi connectivity index (χ2v) is 5.56. The van der Waals surface area contributed by atoms with Crippen LogP contribution in [0, 0.1) is 0 Å². The van der Waals surface area contributed by atoms with Crippen LogP contribution in [0.25, 0.3) is 11.3 Å². The molecule has 1 aromatic heterocycles. The highest BCUT2D eigenvalue weighted by Gasteiger charge is 2.04. The standard InChI is InChI=1S/C17H17N3S/c1-2-13-8-10-14(11-9-13)16-12-21-17(18-16)20-19-15-6-4-3-5-7-15/h3-12,19H,2H2,1H3,(H,18,20). The van der Waals surface area contributed by atoms with Crippen molar-refractivity contribution in [1.29, 1.82) is 0 Å². The van der Waals surface area contributed by atoms with Gasteiger partial charge in [-0.05, 0) is 24.1 Å². The Morgan fingerprint density at radius 3 is 2.43 bits per heavy atom. The number of rotatable bonds is 5. The molecule has 0 saturated heterocycles. The molecule has 0 aliphatic rings. The molecule has 4 heteroatoms. The first kappa shape index (κ1) is 13.6. The van der Waals surface area contributed by atoms with Gasteiger partial charge in [-0.2, -0.15) is 0 Å². The molecule has 3 rings (SSSR count). The number of nitrogens with one attached hydrogen (secondary N) is 2. The van der Waals surface area contributed by atoms with E-state index in [0.717, 1.165) is 28.5 Å². The summed E-state index contributed by atoms with van der Waals surface area (Å²) in [5.41, 5.74) is 10.8. The molecular formula is C17H17N3S. The molecule has 0 aliphatic heterocycles. The van der Waals surface area contributed by atoms with E-state index in [1.807, 2.05) is 30.3 Å². The summed E-state index contributed by atoms with van der Waals surface area (Å²) < 4.78 is 0. The predicted molar refractivity (Wildman–Crippen MR) is 90.6 cm³/mol. The third-order valence-electron chi connectivity index (χ3n) is 3.25. The summed E-state index contributed by atoms with van der Waals surface area (Å²) in [6.45, 7) is 2.16. The van der Waals surface area contributed by atoms with E-state index in [9.17, 15) is 0 Å². The van der Waals surface area contributed by atoms with Crippen molar-refractivity contribution in [2.24, 2.45) is 0 Å². The molecule has 0 amide bonds. The second-order valence-electron chi connectivity index (χ2n) is 4.70. The molecule has 0 fully saturated rings. The summed E-state index contributed by atoms with van der Waals surface area (Å²) in [6.07, 6.45) is 1.06. The summed E-state index contributed by atoms with van der Waals surface area (Å²) in [5.74, 6) is 0. The third kappa shape index (κ3) is 3.41. The number of anilines is 2. The molecule has 0 saturated carbocycles. The van der Waals surface area contributed by atoms with Crippen molar-refractivity contribution in [2.75, 3.05) is 10.9 Å². The van der Waals surface area contributed by atoms with Gasteiger partial charge < -0.3 is 0 Å². The van der Waals surface area contributed by atoms with Crippen molar-refractivity contribution in [3.63, 3.8) is 0 Å². The monoisotopic (exact) mass is 295 g/mol. The maximum Gasteiger partial charge on any atom is 0.202 e. The zero-order chi connectivity index (χ0) is 14.5. The molecule has 2 aromatic carbocycles.